The van der Waals surface area contributed by atoms with Crippen molar-refractivity contribution < 1.29 is 8.42 Å². The maximum Gasteiger partial charge on any atom is 0.240 e. The SMILES string of the molecule is [B]c1ccc(S(=O)(=O)NCCN(C)C)cc1. The van der Waals surface area contributed by atoms with E-state index in [1.807, 2.05) is 19.0 Å². The third-order valence-electron chi connectivity index (χ3n) is 2.04. The zero-order valence-corrected chi connectivity index (χ0v) is 10.3. The number of hydrogen-bond donors (Lipinski definition) is 1. The van der Waals surface area contributed by atoms with Gasteiger partial charge < -0.3 is 4.90 Å². The van der Waals surface area contributed by atoms with E-state index >= 15 is 0 Å². The van der Waals surface area contributed by atoms with Crippen molar-refractivity contribution in [2.24, 2.45) is 0 Å². The quantitative estimate of drug-likeness (QED) is 0.691. The van der Waals surface area contributed by atoms with Gasteiger partial charge in [-0.05, 0) is 26.2 Å². The molecule has 86 valence electrons. The summed E-state index contributed by atoms with van der Waals surface area (Å²) in [4.78, 5) is 2.14. The molecule has 0 aromatic heterocycles. The summed E-state index contributed by atoms with van der Waals surface area (Å²) >= 11 is 0. The third kappa shape index (κ3) is 3.96. The van der Waals surface area contributed by atoms with E-state index in [-0.39, 0.29) is 4.90 Å². The lowest BCUT2D eigenvalue weighted by molar-refractivity contribution is 0.412. The molecule has 0 atom stereocenters. The Labute approximate surface area is 98.1 Å². The molecule has 0 saturated carbocycles. The van der Waals surface area contributed by atoms with Crippen LogP contribution in [0.2, 0.25) is 0 Å². The number of likely N-dealkylation sites (N-methyl/N-ethyl adjacent to an activating group) is 1. The lowest BCUT2D eigenvalue weighted by Gasteiger charge is -2.11. The number of nitrogens with one attached hydrogen (secondary N) is 1. The molecule has 1 aromatic rings. The highest BCUT2D eigenvalue weighted by atomic mass is 32.2. The van der Waals surface area contributed by atoms with Gasteiger partial charge in [-0.1, -0.05) is 17.6 Å². The van der Waals surface area contributed by atoms with Crippen LogP contribution in [-0.2, 0) is 10.0 Å². The smallest absolute Gasteiger partial charge is 0.240 e. The molecular weight excluding hydrogens is 223 g/mol. The van der Waals surface area contributed by atoms with E-state index in [0.29, 0.717) is 18.6 Å². The molecule has 1 N–H and O–H groups in total. The molecule has 6 heteroatoms. The van der Waals surface area contributed by atoms with Crippen LogP contribution < -0.4 is 10.2 Å². The molecule has 0 saturated heterocycles. The van der Waals surface area contributed by atoms with E-state index in [0.717, 1.165) is 0 Å². The Morgan fingerprint density at radius 2 is 1.81 bits per heavy atom. The fourth-order valence-corrected chi connectivity index (χ4v) is 2.15. The van der Waals surface area contributed by atoms with Gasteiger partial charge in [-0.25, -0.2) is 13.1 Å². The Bertz CT molecular complexity index is 429. The molecule has 4 nitrogen and oxygen atoms in total. The van der Waals surface area contributed by atoms with E-state index < -0.39 is 10.0 Å². The van der Waals surface area contributed by atoms with Gasteiger partial charge in [0.2, 0.25) is 10.0 Å². The van der Waals surface area contributed by atoms with E-state index in [9.17, 15) is 8.42 Å². The minimum absolute atomic E-state index is 0.237. The molecule has 2 radical (unpaired) electrons. The molecule has 0 spiro atoms. The highest BCUT2D eigenvalue weighted by Crippen LogP contribution is 2.05. The van der Waals surface area contributed by atoms with Crippen LogP contribution >= 0.6 is 0 Å². The predicted octanol–water partition coefficient (Wildman–Crippen LogP) is -0.680. The maximum absolute atomic E-state index is 11.8. The van der Waals surface area contributed by atoms with E-state index in [1.54, 1.807) is 12.1 Å². The fraction of sp³-hybridized carbons (Fsp3) is 0.400. The summed E-state index contributed by atoms with van der Waals surface area (Å²) in [5.41, 5.74) is 0.548. The van der Waals surface area contributed by atoms with Crippen LogP contribution in [0.25, 0.3) is 0 Å². The van der Waals surface area contributed by atoms with Gasteiger partial charge in [0.25, 0.3) is 0 Å². The number of benzene rings is 1. The average molecular weight is 238 g/mol. The molecule has 0 aliphatic rings. The van der Waals surface area contributed by atoms with Gasteiger partial charge in [0.1, 0.15) is 7.85 Å². The van der Waals surface area contributed by atoms with E-state index in [2.05, 4.69) is 4.72 Å². The first kappa shape index (κ1) is 13.2. The molecule has 1 rings (SSSR count). The summed E-state index contributed by atoms with van der Waals surface area (Å²) in [5, 5.41) is 0. The zero-order valence-electron chi connectivity index (χ0n) is 9.47. The van der Waals surface area contributed by atoms with Gasteiger partial charge in [0, 0.05) is 13.1 Å². The van der Waals surface area contributed by atoms with Crippen LogP contribution in [-0.4, -0.2) is 48.3 Å². The Morgan fingerprint density at radius 1 is 1.25 bits per heavy atom. The number of rotatable bonds is 5. The first-order valence-corrected chi connectivity index (χ1v) is 6.40. The van der Waals surface area contributed by atoms with Crippen molar-refractivity contribution >= 4 is 23.3 Å². The van der Waals surface area contributed by atoms with Crippen molar-refractivity contribution in [1.82, 2.24) is 9.62 Å². The second kappa shape index (κ2) is 5.47. The zero-order chi connectivity index (χ0) is 12.2. The molecule has 0 fully saturated rings. The van der Waals surface area contributed by atoms with Crippen LogP contribution in [0.4, 0.5) is 0 Å². The van der Waals surface area contributed by atoms with Crippen LogP contribution in [0.1, 0.15) is 0 Å². The Hall–Kier alpha value is -0.845. The van der Waals surface area contributed by atoms with Crippen LogP contribution in [0.3, 0.4) is 0 Å². The lowest BCUT2D eigenvalue weighted by Crippen LogP contribution is -2.31. The van der Waals surface area contributed by atoms with Gasteiger partial charge in [0.15, 0.2) is 0 Å². The summed E-state index contributed by atoms with van der Waals surface area (Å²) in [5.74, 6) is 0. The Kier molecular flexibility index (Phi) is 4.52. The van der Waals surface area contributed by atoms with Gasteiger partial charge >= 0.3 is 0 Å². The molecule has 0 aliphatic carbocycles. The minimum atomic E-state index is -3.40. The summed E-state index contributed by atoms with van der Waals surface area (Å²) in [7, 11) is 5.86. The highest BCUT2D eigenvalue weighted by Gasteiger charge is 2.12. The molecule has 0 bridgehead atoms. The van der Waals surface area contributed by atoms with Crippen LogP contribution in [0, 0.1) is 0 Å². The topological polar surface area (TPSA) is 49.4 Å². The first-order chi connectivity index (χ1) is 7.42. The normalized spacial score (nSPS) is 11.9. The number of nitrogens with zero attached hydrogens (tertiary/aromatic N) is 1. The fourth-order valence-electron chi connectivity index (χ4n) is 1.13. The molecule has 0 amide bonds. The third-order valence-corrected chi connectivity index (χ3v) is 3.52. The largest absolute Gasteiger partial charge is 0.308 e. The Balaban J connectivity index is 2.67. The number of hydrogen-bond acceptors (Lipinski definition) is 3. The van der Waals surface area contributed by atoms with Crippen LogP contribution in [0.15, 0.2) is 29.2 Å². The van der Waals surface area contributed by atoms with E-state index in [4.69, 9.17) is 7.85 Å². The summed E-state index contributed by atoms with van der Waals surface area (Å²) < 4.78 is 26.0. The number of sulfonamides is 1. The first-order valence-electron chi connectivity index (χ1n) is 4.92. The molecule has 0 unspecified atom stereocenters. The highest BCUT2D eigenvalue weighted by molar-refractivity contribution is 7.89. The molecule has 16 heavy (non-hydrogen) atoms. The van der Waals surface area contributed by atoms with Gasteiger partial charge in [-0.2, -0.15) is 0 Å². The second-order valence-electron chi connectivity index (χ2n) is 3.77. The Morgan fingerprint density at radius 3 is 2.31 bits per heavy atom. The molecule has 0 aliphatic heterocycles. The summed E-state index contributed by atoms with van der Waals surface area (Å²) in [6.07, 6.45) is 0. The average Bonchev–Trinajstić information content (AvgIpc) is 2.17. The summed E-state index contributed by atoms with van der Waals surface area (Å²) in [6.45, 7) is 1.05. The lowest BCUT2D eigenvalue weighted by atomic mass is 9.97. The van der Waals surface area contributed by atoms with Gasteiger partial charge in [0.05, 0.1) is 4.90 Å². The molecule has 1 aromatic carbocycles. The van der Waals surface area contributed by atoms with Crippen molar-refractivity contribution in [3.8, 4) is 0 Å². The molecule has 0 heterocycles. The van der Waals surface area contributed by atoms with Crippen molar-refractivity contribution in [3.05, 3.63) is 24.3 Å². The minimum Gasteiger partial charge on any atom is -0.308 e. The van der Waals surface area contributed by atoms with Gasteiger partial charge in [-0.3, -0.25) is 0 Å². The van der Waals surface area contributed by atoms with Crippen LogP contribution in [0.5, 0.6) is 0 Å². The molecular formula is C10H15BN2O2S. The van der Waals surface area contributed by atoms with Crippen molar-refractivity contribution in [1.29, 1.82) is 0 Å². The maximum atomic E-state index is 11.8. The van der Waals surface area contributed by atoms with Crippen molar-refractivity contribution in [2.45, 2.75) is 4.90 Å². The summed E-state index contributed by atoms with van der Waals surface area (Å²) in [6, 6.07) is 6.13. The standard InChI is InChI=1S/C10H15BN2O2S/c1-13(2)8-7-12-16(14,15)10-5-3-9(11)4-6-10/h3-6,12H,7-8H2,1-2H3. The van der Waals surface area contributed by atoms with Crippen molar-refractivity contribution in [2.75, 3.05) is 27.2 Å². The van der Waals surface area contributed by atoms with Gasteiger partial charge in [-0.15, -0.1) is 0 Å². The monoisotopic (exact) mass is 238 g/mol. The van der Waals surface area contributed by atoms with E-state index in [1.165, 1.54) is 12.1 Å². The van der Waals surface area contributed by atoms with Crippen molar-refractivity contribution in [3.63, 3.8) is 0 Å². The predicted molar refractivity (Wildman–Crippen MR) is 65.6 cm³/mol. The second-order valence-corrected chi connectivity index (χ2v) is 5.54.